The summed E-state index contributed by atoms with van der Waals surface area (Å²) in [4.78, 5) is 19.9. The van der Waals surface area contributed by atoms with Crippen LogP contribution in [0, 0.1) is 12.8 Å². The van der Waals surface area contributed by atoms with Gasteiger partial charge in [-0.15, -0.1) is 0 Å². The molecule has 0 aliphatic heterocycles. The highest BCUT2D eigenvalue weighted by Crippen LogP contribution is 2.28. The fraction of sp³-hybridized carbons (Fsp3) is 0.440. The first-order valence-electron chi connectivity index (χ1n) is 11.2. The van der Waals surface area contributed by atoms with Crippen LogP contribution in [0.1, 0.15) is 53.7 Å². The first-order chi connectivity index (χ1) is 15.1. The van der Waals surface area contributed by atoms with Gasteiger partial charge >= 0.3 is 0 Å². The van der Waals surface area contributed by atoms with Crippen molar-refractivity contribution in [3.8, 4) is 5.75 Å². The molecule has 0 spiro atoms. The number of amides is 1. The van der Waals surface area contributed by atoms with E-state index >= 15 is 0 Å². The molecule has 1 fully saturated rings. The fourth-order valence-electron chi connectivity index (χ4n) is 4.71. The molecule has 1 aromatic carbocycles. The highest BCUT2D eigenvalue weighted by Gasteiger charge is 2.20. The van der Waals surface area contributed by atoms with Gasteiger partial charge in [0.05, 0.1) is 18.4 Å². The van der Waals surface area contributed by atoms with Crippen molar-refractivity contribution in [3.63, 3.8) is 0 Å². The quantitative estimate of drug-likeness (QED) is 0.607. The third-order valence-electron chi connectivity index (χ3n) is 6.27. The zero-order valence-corrected chi connectivity index (χ0v) is 18.7. The number of anilines is 1. The van der Waals surface area contributed by atoms with E-state index < -0.39 is 0 Å². The topological polar surface area (TPSA) is 58.9 Å². The van der Waals surface area contributed by atoms with E-state index in [9.17, 15) is 4.79 Å². The number of carbonyl (C=O) groups excluding carboxylic acids is 1. The second-order valence-corrected chi connectivity index (χ2v) is 8.55. The Bertz CT molecular complexity index is 1050. The lowest BCUT2D eigenvalue weighted by molar-refractivity contribution is 0.0950. The maximum atomic E-state index is 12.9. The standard InChI is InChI=1S/C25H32N4O2/c1-18-25(28(2)16-19-9-5-4-6-10-19)29-17-21(13-14-23(29)27-18)24(30)26-15-20-11-7-8-12-22(20)31-3/h7-8,11-14,17,19H,4-6,9-10,15-16H2,1-3H3,(H,26,30). The van der Waals surface area contributed by atoms with Gasteiger partial charge in [-0.25, -0.2) is 4.98 Å². The molecule has 3 aromatic rings. The Balaban J connectivity index is 1.52. The molecule has 1 saturated carbocycles. The van der Waals surface area contributed by atoms with Gasteiger partial charge in [-0.05, 0) is 43.9 Å². The van der Waals surface area contributed by atoms with E-state index in [1.54, 1.807) is 7.11 Å². The first kappa shape index (κ1) is 21.2. The Morgan fingerprint density at radius 2 is 1.97 bits per heavy atom. The Hall–Kier alpha value is -3.02. The number of aryl methyl sites for hydroxylation is 1. The van der Waals surface area contributed by atoms with Crippen molar-refractivity contribution in [1.82, 2.24) is 14.7 Å². The Kier molecular flexibility index (Phi) is 6.44. The molecule has 2 aromatic heterocycles. The van der Waals surface area contributed by atoms with Crippen LogP contribution in [0.2, 0.25) is 0 Å². The second-order valence-electron chi connectivity index (χ2n) is 8.55. The molecule has 1 aliphatic carbocycles. The van der Waals surface area contributed by atoms with Gasteiger partial charge in [-0.3, -0.25) is 9.20 Å². The lowest BCUT2D eigenvalue weighted by Crippen LogP contribution is -2.28. The van der Waals surface area contributed by atoms with Gasteiger partial charge in [0, 0.05) is 31.9 Å². The largest absolute Gasteiger partial charge is 0.496 e. The van der Waals surface area contributed by atoms with Gasteiger partial charge in [-0.1, -0.05) is 37.5 Å². The van der Waals surface area contributed by atoms with E-state index in [0.29, 0.717) is 12.1 Å². The number of para-hydroxylation sites is 1. The van der Waals surface area contributed by atoms with Crippen molar-refractivity contribution in [3.05, 3.63) is 59.4 Å². The summed E-state index contributed by atoms with van der Waals surface area (Å²) >= 11 is 0. The van der Waals surface area contributed by atoms with Crippen molar-refractivity contribution in [2.75, 3.05) is 25.6 Å². The molecule has 31 heavy (non-hydrogen) atoms. The molecule has 0 unspecified atom stereocenters. The molecular weight excluding hydrogens is 388 g/mol. The summed E-state index contributed by atoms with van der Waals surface area (Å²) in [5, 5.41) is 3.01. The number of rotatable bonds is 7. The van der Waals surface area contributed by atoms with Gasteiger partial charge in [0.2, 0.25) is 0 Å². The van der Waals surface area contributed by atoms with Crippen molar-refractivity contribution in [2.24, 2.45) is 5.92 Å². The van der Waals surface area contributed by atoms with E-state index in [0.717, 1.165) is 40.9 Å². The Morgan fingerprint density at radius 1 is 1.19 bits per heavy atom. The van der Waals surface area contributed by atoms with E-state index in [2.05, 4.69) is 21.7 Å². The third kappa shape index (κ3) is 4.68. The highest BCUT2D eigenvalue weighted by molar-refractivity contribution is 5.94. The number of aromatic nitrogens is 2. The summed E-state index contributed by atoms with van der Waals surface area (Å²) < 4.78 is 7.43. The molecule has 0 bridgehead atoms. The number of benzene rings is 1. The third-order valence-corrected chi connectivity index (χ3v) is 6.27. The molecule has 2 heterocycles. The number of fused-ring (bicyclic) bond motifs is 1. The maximum Gasteiger partial charge on any atom is 0.253 e. The van der Waals surface area contributed by atoms with Crippen LogP contribution in [0.15, 0.2) is 42.6 Å². The van der Waals surface area contributed by atoms with E-state index in [1.807, 2.05) is 49.5 Å². The average Bonchev–Trinajstić information content (AvgIpc) is 3.13. The van der Waals surface area contributed by atoms with Crippen molar-refractivity contribution >= 4 is 17.4 Å². The van der Waals surface area contributed by atoms with Gasteiger partial charge in [0.25, 0.3) is 5.91 Å². The van der Waals surface area contributed by atoms with Crippen molar-refractivity contribution < 1.29 is 9.53 Å². The molecule has 4 rings (SSSR count). The minimum absolute atomic E-state index is 0.111. The minimum atomic E-state index is -0.111. The molecule has 0 atom stereocenters. The van der Waals surface area contributed by atoms with Gasteiger partial charge in [0.1, 0.15) is 17.2 Å². The maximum absolute atomic E-state index is 12.9. The molecule has 6 heteroatoms. The molecule has 1 aliphatic rings. The van der Waals surface area contributed by atoms with Crippen LogP contribution < -0.4 is 15.0 Å². The van der Waals surface area contributed by atoms with Crippen LogP contribution in [-0.2, 0) is 6.54 Å². The van der Waals surface area contributed by atoms with Crippen molar-refractivity contribution in [1.29, 1.82) is 0 Å². The van der Waals surface area contributed by atoms with Crippen LogP contribution in [-0.4, -0.2) is 36.0 Å². The normalized spacial score (nSPS) is 14.5. The summed E-state index contributed by atoms with van der Waals surface area (Å²) in [6, 6.07) is 11.5. The van der Waals surface area contributed by atoms with E-state index in [1.165, 1.54) is 32.1 Å². The number of nitrogens with zero attached hydrogens (tertiary/aromatic N) is 3. The van der Waals surface area contributed by atoms with Crippen LogP contribution in [0.4, 0.5) is 5.82 Å². The predicted octanol–water partition coefficient (Wildman–Crippen LogP) is 4.60. The SMILES string of the molecule is COc1ccccc1CNC(=O)c1ccc2nc(C)c(N(C)CC3CCCCC3)n2c1. The van der Waals surface area contributed by atoms with Gasteiger partial charge < -0.3 is 15.0 Å². The Morgan fingerprint density at radius 3 is 2.74 bits per heavy atom. The lowest BCUT2D eigenvalue weighted by Gasteiger charge is -2.28. The number of carbonyl (C=O) groups is 1. The molecule has 1 N–H and O–H groups in total. The molecule has 6 nitrogen and oxygen atoms in total. The van der Waals surface area contributed by atoms with E-state index in [4.69, 9.17) is 9.72 Å². The molecule has 1 amide bonds. The summed E-state index contributed by atoms with van der Waals surface area (Å²) in [6.45, 7) is 3.48. The monoisotopic (exact) mass is 420 g/mol. The van der Waals surface area contributed by atoms with Gasteiger partial charge in [0.15, 0.2) is 0 Å². The number of hydrogen-bond donors (Lipinski definition) is 1. The number of imidazole rings is 1. The Labute approximate surface area is 184 Å². The lowest BCUT2D eigenvalue weighted by atomic mass is 9.89. The smallest absolute Gasteiger partial charge is 0.253 e. The van der Waals surface area contributed by atoms with Crippen LogP contribution in [0.5, 0.6) is 5.75 Å². The number of hydrogen-bond acceptors (Lipinski definition) is 4. The second kappa shape index (κ2) is 9.41. The van der Waals surface area contributed by atoms with Gasteiger partial charge in [-0.2, -0.15) is 0 Å². The highest BCUT2D eigenvalue weighted by atomic mass is 16.5. The zero-order valence-electron chi connectivity index (χ0n) is 18.7. The molecule has 0 saturated heterocycles. The predicted molar refractivity (Wildman–Crippen MR) is 124 cm³/mol. The fourth-order valence-corrected chi connectivity index (χ4v) is 4.71. The first-order valence-corrected chi connectivity index (χ1v) is 11.2. The number of methoxy groups -OCH3 is 1. The molecule has 164 valence electrons. The minimum Gasteiger partial charge on any atom is -0.496 e. The number of nitrogens with one attached hydrogen (secondary N) is 1. The zero-order chi connectivity index (χ0) is 21.8. The molecule has 0 radical (unpaired) electrons. The summed E-state index contributed by atoms with van der Waals surface area (Å²) in [6.07, 6.45) is 8.54. The van der Waals surface area contributed by atoms with E-state index in [-0.39, 0.29) is 5.91 Å². The van der Waals surface area contributed by atoms with Crippen LogP contribution in [0.3, 0.4) is 0 Å². The van der Waals surface area contributed by atoms with Crippen molar-refractivity contribution in [2.45, 2.75) is 45.6 Å². The number of ether oxygens (including phenoxy) is 1. The summed E-state index contributed by atoms with van der Waals surface area (Å²) in [5.41, 5.74) is 3.42. The summed E-state index contributed by atoms with van der Waals surface area (Å²) in [5.74, 6) is 2.46. The molecular formula is C25H32N4O2. The number of pyridine rings is 1. The summed E-state index contributed by atoms with van der Waals surface area (Å²) in [7, 11) is 3.78. The van der Waals surface area contributed by atoms with Crippen LogP contribution >= 0.6 is 0 Å². The average molecular weight is 421 g/mol. The van der Waals surface area contributed by atoms with Crippen LogP contribution in [0.25, 0.3) is 5.65 Å².